The highest BCUT2D eigenvalue weighted by Gasteiger charge is 2.19. The van der Waals surface area contributed by atoms with Gasteiger partial charge < -0.3 is 4.74 Å². The third-order valence-corrected chi connectivity index (χ3v) is 2.99. The van der Waals surface area contributed by atoms with Crippen molar-refractivity contribution in [1.82, 2.24) is 0 Å². The molecule has 0 aromatic heterocycles. The third-order valence-electron chi connectivity index (χ3n) is 2.99. The van der Waals surface area contributed by atoms with Gasteiger partial charge in [-0.1, -0.05) is 51.1 Å². The van der Waals surface area contributed by atoms with Gasteiger partial charge in [0.15, 0.2) is 0 Å². The smallest absolute Gasteiger partial charge is 0.123 e. The van der Waals surface area contributed by atoms with Crippen molar-refractivity contribution in [3.8, 4) is 5.75 Å². The van der Waals surface area contributed by atoms with Crippen LogP contribution in [-0.2, 0) is 12.0 Å². The Bertz CT molecular complexity index is 541. The molecule has 0 fully saturated rings. The third kappa shape index (κ3) is 3.57. The van der Waals surface area contributed by atoms with Crippen molar-refractivity contribution in [2.24, 2.45) is 0 Å². The van der Waals surface area contributed by atoms with Crippen LogP contribution in [0.4, 0.5) is 4.39 Å². The van der Waals surface area contributed by atoms with Crippen LogP contribution in [0, 0.1) is 5.82 Å². The Morgan fingerprint density at radius 1 is 1.00 bits per heavy atom. The summed E-state index contributed by atoms with van der Waals surface area (Å²) < 4.78 is 19.2. The van der Waals surface area contributed by atoms with Crippen molar-refractivity contribution in [2.75, 3.05) is 0 Å². The SMILES string of the molecule is CC(C)(C)c1cc(F)ccc1OCc1ccccc1. The fourth-order valence-corrected chi connectivity index (χ4v) is 1.95. The highest BCUT2D eigenvalue weighted by molar-refractivity contribution is 5.39. The number of rotatable bonds is 3. The molecule has 2 aromatic carbocycles. The Labute approximate surface area is 114 Å². The number of ether oxygens (including phenoxy) is 1. The Hall–Kier alpha value is -1.83. The molecule has 0 N–H and O–H groups in total. The number of hydrogen-bond acceptors (Lipinski definition) is 1. The lowest BCUT2D eigenvalue weighted by Crippen LogP contribution is -2.14. The molecule has 0 unspecified atom stereocenters. The van der Waals surface area contributed by atoms with E-state index in [4.69, 9.17) is 4.74 Å². The van der Waals surface area contributed by atoms with Gasteiger partial charge in [0.05, 0.1) is 0 Å². The van der Waals surface area contributed by atoms with Crippen LogP contribution in [0.3, 0.4) is 0 Å². The van der Waals surface area contributed by atoms with Gasteiger partial charge in [-0.05, 0) is 29.2 Å². The normalized spacial score (nSPS) is 11.4. The summed E-state index contributed by atoms with van der Waals surface area (Å²) in [4.78, 5) is 0. The van der Waals surface area contributed by atoms with E-state index in [1.807, 2.05) is 30.3 Å². The molecule has 100 valence electrons. The quantitative estimate of drug-likeness (QED) is 0.775. The zero-order valence-electron chi connectivity index (χ0n) is 11.6. The van der Waals surface area contributed by atoms with Crippen LogP contribution < -0.4 is 4.74 Å². The van der Waals surface area contributed by atoms with E-state index in [9.17, 15) is 4.39 Å². The monoisotopic (exact) mass is 258 g/mol. The van der Waals surface area contributed by atoms with Crippen molar-refractivity contribution in [1.29, 1.82) is 0 Å². The lowest BCUT2D eigenvalue weighted by molar-refractivity contribution is 0.297. The zero-order chi connectivity index (χ0) is 13.9. The molecule has 0 aliphatic carbocycles. The first kappa shape index (κ1) is 13.6. The van der Waals surface area contributed by atoms with Gasteiger partial charge in [0.25, 0.3) is 0 Å². The lowest BCUT2D eigenvalue weighted by atomic mass is 9.86. The van der Waals surface area contributed by atoms with E-state index in [0.29, 0.717) is 6.61 Å². The number of halogens is 1. The summed E-state index contributed by atoms with van der Waals surface area (Å²) in [5.41, 5.74) is 1.85. The minimum absolute atomic E-state index is 0.145. The number of hydrogen-bond donors (Lipinski definition) is 0. The van der Waals surface area contributed by atoms with Crippen LogP contribution >= 0.6 is 0 Å². The molecular formula is C17H19FO. The van der Waals surface area contributed by atoms with E-state index < -0.39 is 0 Å². The molecule has 0 saturated heterocycles. The minimum Gasteiger partial charge on any atom is -0.489 e. The first-order valence-electron chi connectivity index (χ1n) is 6.43. The van der Waals surface area contributed by atoms with Crippen molar-refractivity contribution in [3.63, 3.8) is 0 Å². The maximum Gasteiger partial charge on any atom is 0.123 e. The lowest BCUT2D eigenvalue weighted by Gasteiger charge is -2.23. The molecule has 0 saturated carbocycles. The fraction of sp³-hybridized carbons (Fsp3) is 0.294. The Kier molecular flexibility index (Phi) is 3.89. The van der Waals surface area contributed by atoms with Gasteiger partial charge in [0, 0.05) is 5.56 Å². The summed E-state index contributed by atoms with van der Waals surface area (Å²) in [5.74, 6) is 0.523. The van der Waals surface area contributed by atoms with E-state index in [0.717, 1.165) is 16.9 Å². The summed E-state index contributed by atoms with van der Waals surface area (Å²) in [6.07, 6.45) is 0. The Morgan fingerprint density at radius 2 is 1.68 bits per heavy atom. The van der Waals surface area contributed by atoms with Gasteiger partial charge in [0.2, 0.25) is 0 Å². The van der Waals surface area contributed by atoms with E-state index >= 15 is 0 Å². The topological polar surface area (TPSA) is 9.23 Å². The molecule has 0 amide bonds. The molecule has 0 aliphatic rings. The van der Waals surface area contributed by atoms with Crippen LogP contribution in [0.25, 0.3) is 0 Å². The van der Waals surface area contributed by atoms with Crippen molar-refractivity contribution < 1.29 is 9.13 Å². The summed E-state index contributed by atoms with van der Waals surface area (Å²) in [6.45, 7) is 6.65. The molecule has 2 rings (SSSR count). The maximum atomic E-state index is 13.4. The highest BCUT2D eigenvalue weighted by Crippen LogP contribution is 2.32. The van der Waals surface area contributed by atoms with Crippen molar-refractivity contribution in [3.05, 3.63) is 65.5 Å². The molecule has 0 aliphatic heterocycles. The summed E-state index contributed by atoms with van der Waals surface area (Å²) in [6, 6.07) is 14.7. The highest BCUT2D eigenvalue weighted by atomic mass is 19.1. The van der Waals surface area contributed by atoms with Crippen LogP contribution in [0.2, 0.25) is 0 Å². The van der Waals surface area contributed by atoms with E-state index in [1.165, 1.54) is 6.07 Å². The first-order chi connectivity index (χ1) is 8.97. The molecule has 1 nitrogen and oxygen atoms in total. The van der Waals surface area contributed by atoms with Gasteiger partial charge >= 0.3 is 0 Å². The molecule has 0 atom stereocenters. The Morgan fingerprint density at radius 3 is 2.32 bits per heavy atom. The standard InChI is InChI=1S/C17H19FO/c1-17(2,3)15-11-14(18)9-10-16(15)19-12-13-7-5-4-6-8-13/h4-11H,12H2,1-3H3. The van der Waals surface area contributed by atoms with E-state index in [1.54, 1.807) is 12.1 Å². The summed E-state index contributed by atoms with van der Waals surface area (Å²) >= 11 is 0. The molecule has 0 heterocycles. The molecule has 0 spiro atoms. The van der Waals surface area contributed by atoms with Gasteiger partial charge in [-0.2, -0.15) is 0 Å². The van der Waals surface area contributed by atoms with Gasteiger partial charge in [-0.25, -0.2) is 4.39 Å². The van der Waals surface area contributed by atoms with E-state index in [2.05, 4.69) is 20.8 Å². The zero-order valence-corrected chi connectivity index (χ0v) is 11.6. The van der Waals surface area contributed by atoms with Crippen LogP contribution in [0.15, 0.2) is 48.5 Å². The second kappa shape index (κ2) is 5.43. The predicted molar refractivity (Wildman–Crippen MR) is 75.9 cm³/mol. The summed E-state index contributed by atoms with van der Waals surface area (Å²) in [7, 11) is 0. The van der Waals surface area contributed by atoms with Gasteiger partial charge in [-0.3, -0.25) is 0 Å². The minimum atomic E-state index is -0.225. The molecule has 2 aromatic rings. The van der Waals surface area contributed by atoms with Crippen molar-refractivity contribution in [2.45, 2.75) is 32.8 Å². The second-order valence-electron chi connectivity index (χ2n) is 5.66. The van der Waals surface area contributed by atoms with Gasteiger partial charge in [-0.15, -0.1) is 0 Å². The first-order valence-corrected chi connectivity index (χ1v) is 6.43. The summed E-state index contributed by atoms with van der Waals surface area (Å²) in [5, 5.41) is 0. The largest absolute Gasteiger partial charge is 0.489 e. The average Bonchev–Trinajstić information content (AvgIpc) is 2.37. The van der Waals surface area contributed by atoms with Crippen LogP contribution in [0.1, 0.15) is 31.9 Å². The van der Waals surface area contributed by atoms with E-state index in [-0.39, 0.29) is 11.2 Å². The van der Waals surface area contributed by atoms with Crippen LogP contribution in [-0.4, -0.2) is 0 Å². The van der Waals surface area contributed by atoms with Crippen molar-refractivity contribution >= 4 is 0 Å². The second-order valence-corrected chi connectivity index (χ2v) is 5.66. The van der Waals surface area contributed by atoms with Crippen LogP contribution in [0.5, 0.6) is 5.75 Å². The molecular weight excluding hydrogens is 239 g/mol. The van der Waals surface area contributed by atoms with Gasteiger partial charge in [0.1, 0.15) is 18.2 Å². The maximum absolute atomic E-state index is 13.4. The predicted octanol–water partition coefficient (Wildman–Crippen LogP) is 4.70. The fourth-order valence-electron chi connectivity index (χ4n) is 1.95. The molecule has 2 heteroatoms. The number of benzene rings is 2. The molecule has 19 heavy (non-hydrogen) atoms. The Balaban J connectivity index is 2.21. The average molecular weight is 258 g/mol. The molecule has 0 bridgehead atoms. The molecule has 0 radical (unpaired) electrons.